The second kappa shape index (κ2) is 7.24. The van der Waals surface area contributed by atoms with Crippen LogP contribution in [0.4, 0.5) is 11.4 Å². The van der Waals surface area contributed by atoms with E-state index in [4.69, 9.17) is 14.1 Å². The fraction of sp³-hybridized carbons (Fsp3) is 0.250. The number of nitrogens with zero attached hydrogens (tertiary/aromatic N) is 1. The van der Waals surface area contributed by atoms with Crippen LogP contribution >= 0.6 is 0 Å². The number of ether oxygens (including phenoxy) is 1. The van der Waals surface area contributed by atoms with Crippen LogP contribution in [0, 0.1) is 5.92 Å². The van der Waals surface area contributed by atoms with E-state index in [9.17, 15) is 4.79 Å². The van der Waals surface area contributed by atoms with Gasteiger partial charge < -0.3 is 14.5 Å². The predicted molar refractivity (Wildman–Crippen MR) is 112 cm³/mol. The third-order valence-electron chi connectivity index (χ3n) is 5.86. The molecule has 1 fully saturated rings. The molecule has 0 spiro atoms. The van der Waals surface area contributed by atoms with Gasteiger partial charge in [-0.2, -0.15) is 0 Å². The van der Waals surface area contributed by atoms with Crippen LogP contribution in [0.5, 0.6) is 5.75 Å². The van der Waals surface area contributed by atoms with Crippen molar-refractivity contribution in [3.8, 4) is 5.75 Å². The number of para-hydroxylation sites is 2. The summed E-state index contributed by atoms with van der Waals surface area (Å²) in [4.78, 5) is 18.3. The molecular weight excluding hydrogens is 364 g/mol. The lowest BCUT2D eigenvalue weighted by Gasteiger charge is -2.32. The molecule has 1 aliphatic heterocycles. The summed E-state index contributed by atoms with van der Waals surface area (Å²) in [6.45, 7) is 0. The highest BCUT2D eigenvalue weighted by atomic mass is 16.5. The van der Waals surface area contributed by atoms with Gasteiger partial charge in [0.2, 0.25) is 0 Å². The maximum Gasteiger partial charge on any atom is 0.144 e. The number of benzene rings is 2. The molecule has 1 aromatic heterocycles. The Hall–Kier alpha value is -3.34. The second-order valence-corrected chi connectivity index (χ2v) is 7.58. The number of hydrogen-bond acceptors (Lipinski definition) is 5. The number of fused-ring (bicyclic) bond motifs is 2. The highest BCUT2D eigenvalue weighted by molar-refractivity contribution is 6.10. The van der Waals surface area contributed by atoms with Crippen LogP contribution in [-0.2, 0) is 4.79 Å². The first-order valence-electron chi connectivity index (χ1n) is 9.86. The lowest BCUT2D eigenvalue weighted by molar-refractivity contribution is -0.122. The minimum Gasteiger partial charge on any atom is -0.497 e. The average molecular weight is 386 g/mol. The van der Waals surface area contributed by atoms with E-state index in [1.807, 2.05) is 60.7 Å². The molecule has 146 valence electrons. The van der Waals surface area contributed by atoms with E-state index in [1.54, 1.807) is 13.4 Å². The largest absolute Gasteiger partial charge is 0.497 e. The van der Waals surface area contributed by atoms with E-state index < -0.39 is 0 Å². The molecule has 2 aliphatic rings. The van der Waals surface area contributed by atoms with Crippen molar-refractivity contribution in [1.29, 1.82) is 0 Å². The SMILES string of the molecule is COc1ccc([C@@H]2CC(=O)C3C(=Nc4ccccc4N[C@H]3c3ccco3)C2)cc1. The Morgan fingerprint density at radius 1 is 1.03 bits per heavy atom. The smallest absolute Gasteiger partial charge is 0.144 e. The van der Waals surface area contributed by atoms with Gasteiger partial charge in [-0.3, -0.25) is 9.79 Å². The van der Waals surface area contributed by atoms with Crippen LogP contribution in [-0.4, -0.2) is 18.6 Å². The van der Waals surface area contributed by atoms with E-state index in [-0.39, 0.29) is 23.7 Å². The van der Waals surface area contributed by atoms with Crippen molar-refractivity contribution >= 4 is 22.9 Å². The van der Waals surface area contributed by atoms with E-state index in [1.165, 1.54) is 0 Å². The van der Waals surface area contributed by atoms with E-state index in [0.717, 1.165) is 40.6 Å². The topological polar surface area (TPSA) is 63.8 Å². The van der Waals surface area contributed by atoms with E-state index in [2.05, 4.69) is 5.32 Å². The predicted octanol–water partition coefficient (Wildman–Crippen LogP) is 5.29. The van der Waals surface area contributed by atoms with Crippen LogP contribution in [0.25, 0.3) is 0 Å². The standard InChI is InChI=1S/C24H22N2O3/c1-28-17-10-8-15(9-11-17)16-13-20-23(21(27)14-16)24(22-7-4-12-29-22)26-19-6-3-2-5-18(19)25-20/h2-12,16,23-24,26H,13-14H2,1H3/t16-,23?,24-/m0/s1. The van der Waals surface area contributed by atoms with Gasteiger partial charge in [-0.1, -0.05) is 24.3 Å². The fourth-order valence-corrected chi connectivity index (χ4v) is 4.41. The van der Waals surface area contributed by atoms with Gasteiger partial charge in [-0.05, 0) is 54.3 Å². The number of anilines is 1. The molecule has 1 N–H and O–H groups in total. The first-order valence-corrected chi connectivity index (χ1v) is 9.86. The van der Waals surface area contributed by atoms with Crippen molar-refractivity contribution in [2.45, 2.75) is 24.8 Å². The lowest BCUT2D eigenvalue weighted by atomic mass is 9.73. The molecule has 3 atom stereocenters. The van der Waals surface area contributed by atoms with Crippen molar-refractivity contribution in [3.05, 3.63) is 78.3 Å². The minimum absolute atomic E-state index is 0.117. The Balaban J connectivity index is 1.55. The monoisotopic (exact) mass is 386 g/mol. The Morgan fingerprint density at radius 2 is 1.86 bits per heavy atom. The van der Waals surface area contributed by atoms with Gasteiger partial charge >= 0.3 is 0 Å². The molecule has 0 amide bonds. The van der Waals surface area contributed by atoms with Crippen LogP contribution < -0.4 is 10.1 Å². The summed E-state index contributed by atoms with van der Waals surface area (Å²) < 4.78 is 11.0. The molecule has 2 heterocycles. The first-order chi connectivity index (χ1) is 14.2. The molecule has 5 nitrogen and oxygen atoms in total. The van der Waals surface area contributed by atoms with E-state index >= 15 is 0 Å². The molecule has 0 bridgehead atoms. The average Bonchev–Trinajstić information content (AvgIpc) is 3.22. The highest BCUT2D eigenvalue weighted by Gasteiger charge is 2.42. The second-order valence-electron chi connectivity index (χ2n) is 7.58. The normalized spacial score (nSPS) is 23.3. The fourth-order valence-electron chi connectivity index (χ4n) is 4.41. The quantitative estimate of drug-likeness (QED) is 0.664. The highest BCUT2D eigenvalue weighted by Crippen LogP contribution is 2.44. The number of ketones is 1. The van der Waals surface area contributed by atoms with Crippen LogP contribution in [0.15, 0.2) is 76.3 Å². The molecule has 2 aromatic carbocycles. The van der Waals surface area contributed by atoms with Gasteiger partial charge in [0, 0.05) is 12.1 Å². The molecular formula is C24H22N2O3. The van der Waals surface area contributed by atoms with Gasteiger partial charge in [0.05, 0.1) is 36.7 Å². The molecule has 1 unspecified atom stereocenters. The number of nitrogens with one attached hydrogen (secondary N) is 1. The zero-order valence-electron chi connectivity index (χ0n) is 16.2. The number of aliphatic imine (C=N–C) groups is 1. The number of hydrogen-bond donors (Lipinski definition) is 1. The van der Waals surface area contributed by atoms with Gasteiger partial charge in [-0.25, -0.2) is 0 Å². The summed E-state index contributed by atoms with van der Waals surface area (Å²) in [6, 6.07) is 19.4. The number of carbonyl (C=O) groups excluding carboxylic acids is 1. The van der Waals surface area contributed by atoms with Crippen molar-refractivity contribution in [3.63, 3.8) is 0 Å². The van der Waals surface area contributed by atoms with Crippen LogP contribution in [0.3, 0.4) is 0 Å². The molecule has 1 aliphatic carbocycles. The third-order valence-corrected chi connectivity index (χ3v) is 5.86. The number of rotatable bonds is 3. The minimum atomic E-state index is -0.331. The summed E-state index contributed by atoms with van der Waals surface area (Å²) in [5.74, 6) is 1.55. The summed E-state index contributed by atoms with van der Waals surface area (Å²) in [5.41, 5.74) is 3.84. The maximum atomic E-state index is 13.4. The number of furan rings is 1. The molecule has 1 saturated carbocycles. The van der Waals surface area contributed by atoms with Gasteiger partial charge in [-0.15, -0.1) is 0 Å². The zero-order valence-corrected chi connectivity index (χ0v) is 16.2. The summed E-state index contributed by atoms with van der Waals surface area (Å²) in [7, 11) is 1.66. The van der Waals surface area contributed by atoms with E-state index in [0.29, 0.717) is 6.42 Å². The van der Waals surface area contributed by atoms with Crippen molar-refractivity contribution < 1.29 is 13.9 Å². The Labute approximate surface area is 169 Å². The molecule has 29 heavy (non-hydrogen) atoms. The lowest BCUT2D eigenvalue weighted by Crippen LogP contribution is -2.38. The number of carbonyl (C=O) groups is 1. The molecule has 0 saturated heterocycles. The maximum absolute atomic E-state index is 13.4. The third kappa shape index (κ3) is 3.23. The zero-order chi connectivity index (χ0) is 19.8. The summed E-state index contributed by atoms with van der Waals surface area (Å²) in [5, 5.41) is 3.52. The molecule has 5 rings (SSSR count). The molecule has 5 heteroatoms. The molecule has 0 radical (unpaired) electrons. The van der Waals surface area contributed by atoms with Crippen LogP contribution in [0.2, 0.25) is 0 Å². The Kier molecular flexibility index (Phi) is 4.43. The van der Waals surface area contributed by atoms with Gasteiger partial charge in [0.1, 0.15) is 17.3 Å². The Bertz CT molecular complexity index is 1050. The van der Waals surface area contributed by atoms with Crippen molar-refractivity contribution in [1.82, 2.24) is 0 Å². The summed E-state index contributed by atoms with van der Waals surface area (Å²) in [6.07, 6.45) is 2.89. The molecule has 3 aromatic rings. The Morgan fingerprint density at radius 3 is 2.62 bits per heavy atom. The van der Waals surface area contributed by atoms with Crippen molar-refractivity contribution in [2.24, 2.45) is 10.9 Å². The van der Waals surface area contributed by atoms with Crippen LogP contribution in [0.1, 0.15) is 36.1 Å². The van der Waals surface area contributed by atoms with Gasteiger partial charge in [0.15, 0.2) is 0 Å². The van der Waals surface area contributed by atoms with Crippen molar-refractivity contribution in [2.75, 3.05) is 12.4 Å². The first kappa shape index (κ1) is 17.7. The number of methoxy groups -OCH3 is 1. The number of Topliss-reactive ketones (excluding diaryl/α,β-unsaturated/α-hetero) is 1. The van der Waals surface area contributed by atoms with Gasteiger partial charge in [0.25, 0.3) is 0 Å². The summed E-state index contributed by atoms with van der Waals surface area (Å²) >= 11 is 0.